The number of aromatic nitrogens is 3. The fourth-order valence-corrected chi connectivity index (χ4v) is 5.39. The molecule has 11 heteroatoms. The molecule has 5 aromatic rings. The van der Waals surface area contributed by atoms with Gasteiger partial charge in [0.1, 0.15) is 29.7 Å². The molecule has 0 unspecified atom stereocenters. The van der Waals surface area contributed by atoms with Crippen molar-refractivity contribution >= 4 is 18.1 Å². The Morgan fingerprint density at radius 2 is 1.73 bits per heavy atom. The summed E-state index contributed by atoms with van der Waals surface area (Å²) in [5.74, 6) is 1.65. The van der Waals surface area contributed by atoms with Crippen LogP contribution in [0.25, 0.3) is 5.69 Å². The normalized spacial score (nSPS) is 11.2. The van der Waals surface area contributed by atoms with Crippen molar-refractivity contribution in [1.29, 1.82) is 5.41 Å². The topological polar surface area (TPSA) is 143 Å². The van der Waals surface area contributed by atoms with Gasteiger partial charge in [-0.15, -0.1) is 0 Å². The molecule has 0 saturated carbocycles. The number of pyridine rings is 1. The van der Waals surface area contributed by atoms with E-state index in [1.54, 1.807) is 53.6 Å². The van der Waals surface area contributed by atoms with Gasteiger partial charge in [0.25, 0.3) is 5.56 Å². The number of hydrogen-bond donors (Lipinski definition) is 4. The minimum Gasteiger partial charge on any atom is -0.508 e. The lowest BCUT2D eigenvalue weighted by Gasteiger charge is -2.17. The smallest absolute Gasteiger partial charge is 0.320 e. The first-order valence-electron chi connectivity index (χ1n) is 15.9. The number of ether oxygens (including phenoxy) is 2. The molecule has 5 rings (SSSR count). The maximum atomic E-state index is 13.4. The number of rotatable bonds is 11. The van der Waals surface area contributed by atoms with Crippen molar-refractivity contribution in [2.45, 2.75) is 59.7 Å². The number of amides is 2. The molecule has 0 aliphatic heterocycles. The summed E-state index contributed by atoms with van der Waals surface area (Å²) in [5.41, 5.74) is 5.44. The number of nitrogens with zero attached hydrogens (tertiary/aromatic N) is 3. The minimum absolute atomic E-state index is 0.0953. The molecule has 3 aromatic carbocycles. The van der Waals surface area contributed by atoms with Crippen molar-refractivity contribution in [3.05, 3.63) is 128 Å². The van der Waals surface area contributed by atoms with Gasteiger partial charge in [0.15, 0.2) is 0 Å². The van der Waals surface area contributed by atoms with Gasteiger partial charge < -0.3 is 29.9 Å². The van der Waals surface area contributed by atoms with Crippen molar-refractivity contribution in [1.82, 2.24) is 19.7 Å². The fraction of sp³-hybridized carbons (Fsp3) is 0.263. The molecule has 0 bridgehead atoms. The van der Waals surface area contributed by atoms with Crippen molar-refractivity contribution in [3.8, 4) is 22.9 Å². The second-order valence-corrected chi connectivity index (χ2v) is 12.8. The average molecular weight is 663 g/mol. The number of aryl methyl sites for hydroxylation is 1. The molecule has 4 N–H and O–H groups in total. The molecule has 0 fully saturated rings. The van der Waals surface area contributed by atoms with Crippen LogP contribution in [0.15, 0.2) is 83.7 Å². The van der Waals surface area contributed by atoms with Crippen molar-refractivity contribution < 1.29 is 19.4 Å². The third-order valence-corrected chi connectivity index (χ3v) is 8.23. The van der Waals surface area contributed by atoms with E-state index in [1.807, 2.05) is 76.2 Å². The van der Waals surface area contributed by atoms with Crippen LogP contribution in [0.1, 0.15) is 60.0 Å². The van der Waals surface area contributed by atoms with Crippen LogP contribution in [0.5, 0.6) is 17.2 Å². The predicted octanol–water partition coefficient (Wildman–Crippen LogP) is 6.61. The summed E-state index contributed by atoms with van der Waals surface area (Å²) in [6.07, 6.45) is 1.23. The van der Waals surface area contributed by atoms with Gasteiger partial charge in [-0.2, -0.15) is 5.10 Å². The number of benzene rings is 3. The van der Waals surface area contributed by atoms with Crippen LogP contribution in [-0.2, 0) is 25.1 Å². The zero-order valence-electron chi connectivity index (χ0n) is 28.6. The number of aromatic hydroxyl groups is 1. The molecule has 0 saturated heterocycles. The van der Waals surface area contributed by atoms with Gasteiger partial charge in [0, 0.05) is 41.6 Å². The predicted molar refractivity (Wildman–Crippen MR) is 191 cm³/mol. The highest BCUT2D eigenvalue weighted by Gasteiger charge is 2.22. The first kappa shape index (κ1) is 34.5. The number of carbonyl (C=O) groups excluding carboxylic acids is 1. The molecule has 2 amide bonds. The minimum atomic E-state index is -0.419. The summed E-state index contributed by atoms with van der Waals surface area (Å²) in [4.78, 5) is 26.6. The summed E-state index contributed by atoms with van der Waals surface area (Å²) in [7, 11) is 1.56. The van der Waals surface area contributed by atoms with E-state index in [4.69, 9.17) is 20.0 Å². The molecule has 2 aromatic heterocycles. The lowest BCUT2D eigenvalue weighted by molar-refractivity contribution is 0.251. The summed E-state index contributed by atoms with van der Waals surface area (Å²) >= 11 is 0. The zero-order chi connectivity index (χ0) is 35.3. The number of nitrogens with one attached hydrogen (secondary N) is 3. The molecular formula is C38H42N6O5. The zero-order valence-corrected chi connectivity index (χ0v) is 28.6. The van der Waals surface area contributed by atoms with E-state index in [-0.39, 0.29) is 29.9 Å². The summed E-state index contributed by atoms with van der Waals surface area (Å²) in [6, 6.07) is 23.1. The van der Waals surface area contributed by atoms with E-state index in [0.29, 0.717) is 40.7 Å². The van der Waals surface area contributed by atoms with Gasteiger partial charge in [-0.3, -0.25) is 10.1 Å². The summed E-state index contributed by atoms with van der Waals surface area (Å²) in [6.45, 7) is 10.5. The SMILES string of the molecule is COc1ccc(Cn2c(C)cc(OCc3ccccc3CNC(=O)Nc3cc(C(C)(C)C)nn3-c3cccc(O)c3)c(C)c2=O)cc1C=N. The highest BCUT2D eigenvalue weighted by atomic mass is 16.5. The summed E-state index contributed by atoms with van der Waals surface area (Å²) < 4.78 is 14.8. The van der Waals surface area contributed by atoms with Crippen LogP contribution in [0.2, 0.25) is 0 Å². The third-order valence-electron chi connectivity index (χ3n) is 8.23. The van der Waals surface area contributed by atoms with Crippen LogP contribution in [0.3, 0.4) is 0 Å². The quantitative estimate of drug-likeness (QED) is 0.117. The van der Waals surface area contributed by atoms with Gasteiger partial charge >= 0.3 is 6.03 Å². The maximum absolute atomic E-state index is 13.4. The lowest BCUT2D eigenvalue weighted by atomic mass is 9.92. The molecule has 0 radical (unpaired) electrons. The third kappa shape index (κ3) is 8.01. The average Bonchev–Trinajstić information content (AvgIpc) is 3.51. The van der Waals surface area contributed by atoms with Gasteiger partial charge in [-0.05, 0) is 60.9 Å². The lowest BCUT2D eigenvalue weighted by Crippen LogP contribution is -2.29. The van der Waals surface area contributed by atoms with Crippen molar-refractivity contribution in [3.63, 3.8) is 0 Å². The van der Waals surface area contributed by atoms with Gasteiger partial charge in [0.2, 0.25) is 0 Å². The monoisotopic (exact) mass is 662 g/mol. The van der Waals surface area contributed by atoms with E-state index in [1.165, 1.54) is 6.21 Å². The Morgan fingerprint density at radius 1 is 0.980 bits per heavy atom. The Labute approximate surface area is 285 Å². The number of phenolic OH excluding ortho intramolecular Hbond substituents is 1. The number of carbonyl (C=O) groups is 1. The molecule has 0 spiro atoms. The highest BCUT2D eigenvalue weighted by molar-refractivity contribution is 5.88. The van der Waals surface area contributed by atoms with Gasteiger partial charge in [-0.1, -0.05) is 57.2 Å². The van der Waals surface area contributed by atoms with Crippen LogP contribution < -0.4 is 25.7 Å². The second-order valence-electron chi connectivity index (χ2n) is 12.8. The maximum Gasteiger partial charge on any atom is 0.320 e. The number of hydrogen-bond acceptors (Lipinski definition) is 7. The Balaban J connectivity index is 1.27. The van der Waals surface area contributed by atoms with Crippen LogP contribution in [0.4, 0.5) is 10.6 Å². The number of anilines is 1. The number of methoxy groups -OCH3 is 1. The summed E-state index contributed by atoms with van der Waals surface area (Å²) in [5, 5.41) is 28.2. The molecular weight excluding hydrogens is 620 g/mol. The molecule has 49 heavy (non-hydrogen) atoms. The van der Waals surface area contributed by atoms with Gasteiger partial charge in [0.05, 0.1) is 30.6 Å². The fourth-order valence-electron chi connectivity index (χ4n) is 5.39. The molecule has 11 nitrogen and oxygen atoms in total. The van der Waals surface area contributed by atoms with E-state index in [2.05, 4.69) is 10.6 Å². The first-order valence-corrected chi connectivity index (χ1v) is 15.9. The largest absolute Gasteiger partial charge is 0.508 e. The Kier molecular flexibility index (Phi) is 10.2. The van der Waals surface area contributed by atoms with E-state index < -0.39 is 6.03 Å². The van der Waals surface area contributed by atoms with E-state index in [9.17, 15) is 14.7 Å². The van der Waals surface area contributed by atoms with E-state index in [0.717, 1.165) is 28.1 Å². The van der Waals surface area contributed by atoms with Crippen molar-refractivity contribution in [2.75, 3.05) is 12.4 Å². The van der Waals surface area contributed by atoms with Crippen LogP contribution in [-0.4, -0.2) is 38.8 Å². The molecule has 254 valence electrons. The Bertz CT molecular complexity index is 2060. The molecule has 0 aliphatic carbocycles. The van der Waals surface area contributed by atoms with Crippen LogP contribution in [0, 0.1) is 19.3 Å². The Hall–Kier alpha value is -5.84. The standard InChI is InChI=1S/C38H42N6O5/c1-24-16-33(25(2)36(46)43(24)22-26-14-15-32(48-6)29(17-26)20-39)49-23-28-11-8-7-10-27(28)21-40-37(47)41-35-19-34(38(3,4)5)42-44(35)30-12-9-13-31(45)18-30/h7-20,39,45H,21-23H2,1-6H3,(H2,40,41,47). The molecule has 0 atom stereocenters. The molecule has 0 aliphatic rings. The number of phenols is 1. The Morgan fingerprint density at radius 3 is 2.43 bits per heavy atom. The first-order chi connectivity index (χ1) is 23.4. The van der Waals surface area contributed by atoms with Gasteiger partial charge in [-0.25, -0.2) is 9.48 Å². The molecule has 2 heterocycles. The highest BCUT2D eigenvalue weighted by Crippen LogP contribution is 2.28. The van der Waals surface area contributed by atoms with E-state index >= 15 is 0 Å². The second kappa shape index (κ2) is 14.5. The van der Waals surface area contributed by atoms with Crippen molar-refractivity contribution in [2.24, 2.45) is 0 Å². The number of urea groups is 1. The van der Waals surface area contributed by atoms with Crippen LogP contribution >= 0.6 is 0 Å².